The molecule has 0 aliphatic rings. The fourth-order valence-electron chi connectivity index (χ4n) is 2.26. The van der Waals surface area contributed by atoms with Gasteiger partial charge in [-0.2, -0.15) is 5.10 Å². The molecule has 0 unspecified atom stereocenters. The number of aromatic nitrogens is 5. The molecule has 0 spiro atoms. The minimum Gasteiger partial charge on any atom is -0.481 e. The van der Waals surface area contributed by atoms with Crippen molar-refractivity contribution in [2.24, 2.45) is 0 Å². The van der Waals surface area contributed by atoms with Crippen molar-refractivity contribution < 1.29 is 9.90 Å². The lowest BCUT2D eigenvalue weighted by atomic mass is 10.2. The summed E-state index contributed by atoms with van der Waals surface area (Å²) >= 11 is 7.42. The third-order valence-electron chi connectivity index (χ3n) is 3.37. The molecule has 0 saturated carbocycles. The average Bonchev–Trinajstić information content (AvgIpc) is 3.22. The molecule has 3 aromatic rings. The number of aliphatic carboxylic acids is 1. The Balaban J connectivity index is 2.09. The Labute approximate surface area is 147 Å². The molecule has 0 bridgehead atoms. The summed E-state index contributed by atoms with van der Waals surface area (Å²) in [4.78, 5) is 10.9. The highest BCUT2D eigenvalue weighted by Gasteiger charge is 2.22. The van der Waals surface area contributed by atoms with Crippen LogP contribution in [0.3, 0.4) is 0 Å². The number of halogens is 1. The second-order valence-corrected chi connectivity index (χ2v) is 6.32. The molecule has 1 aromatic carbocycles. The van der Waals surface area contributed by atoms with Crippen LogP contribution in [0.4, 0.5) is 0 Å². The molecular weight excluding hydrogens is 350 g/mol. The molecule has 0 saturated heterocycles. The predicted molar refractivity (Wildman–Crippen MR) is 90.8 cm³/mol. The van der Waals surface area contributed by atoms with Gasteiger partial charge in [-0.05, 0) is 25.1 Å². The van der Waals surface area contributed by atoms with E-state index in [0.29, 0.717) is 21.7 Å². The van der Waals surface area contributed by atoms with Crippen LogP contribution in [0.5, 0.6) is 0 Å². The van der Waals surface area contributed by atoms with Crippen molar-refractivity contribution in [3.63, 3.8) is 0 Å². The molecule has 2 aromatic heterocycles. The van der Waals surface area contributed by atoms with E-state index in [0.717, 1.165) is 11.8 Å². The number of nitrogens with zero attached hydrogens (tertiary/aromatic N) is 5. The highest BCUT2D eigenvalue weighted by Crippen LogP contribution is 2.30. The van der Waals surface area contributed by atoms with Crippen molar-refractivity contribution in [1.29, 1.82) is 0 Å². The number of rotatable bonds is 6. The number of hydrogen-bond acceptors (Lipinski definition) is 5. The van der Waals surface area contributed by atoms with Gasteiger partial charge in [-0.25, -0.2) is 0 Å². The summed E-state index contributed by atoms with van der Waals surface area (Å²) in [6.07, 6.45) is 3.52. The van der Waals surface area contributed by atoms with Crippen LogP contribution in [0, 0.1) is 0 Å². The Kier molecular flexibility index (Phi) is 4.86. The number of hydrogen-bond donors (Lipinski definition) is 1. The molecule has 3 rings (SSSR count). The molecule has 0 amide bonds. The van der Waals surface area contributed by atoms with Crippen LogP contribution in [-0.2, 0) is 4.79 Å². The van der Waals surface area contributed by atoms with Crippen LogP contribution in [0.2, 0.25) is 5.02 Å². The molecule has 9 heteroatoms. The summed E-state index contributed by atoms with van der Waals surface area (Å²) in [6, 6.07) is 8.93. The summed E-state index contributed by atoms with van der Waals surface area (Å²) < 4.78 is 3.53. The van der Waals surface area contributed by atoms with Gasteiger partial charge in [0.05, 0.1) is 16.5 Å². The van der Waals surface area contributed by atoms with E-state index in [1.807, 2.05) is 37.4 Å². The molecule has 0 fully saturated rings. The summed E-state index contributed by atoms with van der Waals surface area (Å²) in [5, 5.41) is 22.6. The molecule has 0 aliphatic heterocycles. The normalized spacial score (nSPS) is 12.2. The third-order valence-corrected chi connectivity index (χ3v) is 4.61. The van der Waals surface area contributed by atoms with Crippen LogP contribution < -0.4 is 0 Å². The third kappa shape index (κ3) is 3.29. The van der Waals surface area contributed by atoms with Crippen LogP contribution in [-0.4, -0.2) is 41.4 Å². The lowest BCUT2D eigenvalue weighted by molar-refractivity contribution is -0.133. The fraction of sp³-hybridized carbons (Fsp3) is 0.200. The van der Waals surface area contributed by atoms with E-state index in [9.17, 15) is 4.79 Å². The second kappa shape index (κ2) is 7.06. The number of benzene rings is 1. The minimum absolute atomic E-state index is 0.112. The number of carbonyl (C=O) groups is 1. The van der Waals surface area contributed by atoms with Crippen molar-refractivity contribution in [1.82, 2.24) is 24.5 Å². The van der Waals surface area contributed by atoms with Gasteiger partial charge in [0.2, 0.25) is 0 Å². The van der Waals surface area contributed by atoms with Crippen molar-refractivity contribution in [2.75, 3.05) is 5.75 Å². The van der Waals surface area contributed by atoms with Crippen LogP contribution in [0.15, 0.2) is 47.9 Å². The van der Waals surface area contributed by atoms with Gasteiger partial charge in [-0.1, -0.05) is 35.5 Å². The van der Waals surface area contributed by atoms with E-state index in [4.69, 9.17) is 16.7 Å². The smallest absolute Gasteiger partial charge is 0.313 e. The second-order valence-electron chi connectivity index (χ2n) is 4.97. The van der Waals surface area contributed by atoms with Crippen molar-refractivity contribution in [2.45, 2.75) is 18.1 Å². The summed E-state index contributed by atoms with van der Waals surface area (Å²) in [5.41, 5.74) is 0.700. The van der Waals surface area contributed by atoms with Gasteiger partial charge in [-0.15, -0.1) is 10.2 Å². The van der Waals surface area contributed by atoms with Gasteiger partial charge < -0.3 is 5.11 Å². The van der Waals surface area contributed by atoms with Crippen LogP contribution in [0.1, 0.15) is 18.8 Å². The first-order valence-electron chi connectivity index (χ1n) is 7.12. The van der Waals surface area contributed by atoms with Crippen molar-refractivity contribution in [3.05, 3.63) is 53.6 Å². The largest absolute Gasteiger partial charge is 0.481 e. The Morgan fingerprint density at radius 1 is 1.33 bits per heavy atom. The molecule has 124 valence electrons. The number of para-hydroxylation sites is 1. The van der Waals surface area contributed by atoms with E-state index >= 15 is 0 Å². The van der Waals surface area contributed by atoms with Gasteiger partial charge in [0.25, 0.3) is 0 Å². The number of thioether (sulfide) groups is 1. The van der Waals surface area contributed by atoms with E-state index in [1.54, 1.807) is 21.5 Å². The standard InChI is InChI=1S/C15H14ClN5O2S/c1-10(20-8-4-7-17-20)14-18-19-15(24-9-13(22)23)21(14)12-6-3-2-5-11(12)16/h2-8,10H,9H2,1H3,(H,22,23)/t10-/m0/s1. The van der Waals surface area contributed by atoms with Gasteiger partial charge >= 0.3 is 5.97 Å². The van der Waals surface area contributed by atoms with E-state index in [-0.39, 0.29) is 11.8 Å². The topological polar surface area (TPSA) is 85.8 Å². The highest BCUT2D eigenvalue weighted by molar-refractivity contribution is 7.99. The zero-order valence-electron chi connectivity index (χ0n) is 12.7. The van der Waals surface area contributed by atoms with E-state index in [2.05, 4.69) is 15.3 Å². The monoisotopic (exact) mass is 363 g/mol. The summed E-state index contributed by atoms with van der Waals surface area (Å²) in [5.74, 6) is -0.409. The van der Waals surface area contributed by atoms with Gasteiger partial charge in [0.1, 0.15) is 6.04 Å². The number of carboxylic acid groups (broad SMARTS) is 1. The maximum absolute atomic E-state index is 10.9. The first-order valence-corrected chi connectivity index (χ1v) is 8.48. The zero-order valence-corrected chi connectivity index (χ0v) is 14.3. The lowest BCUT2D eigenvalue weighted by Gasteiger charge is -2.16. The average molecular weight is 364 g/mol. The molecule has 0 aliphatic carbocycles. The highest BCUT2D eigenvalue weighted by atomic mass is 35.5. The van der Waals surface area contributed by atoms with Crippen LogP contribution >= 0.6 is 23.4 Å². The molecule has 2 heterocycles. The summed E-state index contributed by atoms with van der Waals surface area (Å²) in [6.45, 7) is 1.94. The van der Waals surface area contributed by atoms with E-state index in [1.165, 1.54) is 0 Å². The molecular formula is C15H14ClN5O2S. The Hall–Kier alpha value is -2.32. The molecule has 0 radical (unpaired) electrons. The van der Waals surface area contributed by atoms with Gasteiger partial charge in [-0.3, -0.25) is 14.0 Å². The molecule has 7 nitrogen and oxygen atoms in total. The van der Waals surface area contributed by atoms with Crippen molar-refractivity contribution >= 4 is 29.3 Å². The summed E-state index contributed by atoms with van der Waals surface area (Å²) in [7, 11) is 0. The maximum atomic E-state index is 10.9. The maximum Gasteiger partial charge on any atom is 0.313 e. The van der Waals surface area contributed by atoms with Gasteiger partial charge in [0, 0.05) is 12.4 Å². The SMILES string of the molecule is C[C@@H](c1nnc(SCC(=O)O)n1-c1ccccc1Cl)n1cccn1. The van der Waals surface area contributed by atoms with E-state index < -0.39 is 5.97 Å². The Bertz CT molecular complexity index is 849. The molecule has 24 heavy (non-hydrogen) atoms. The predicted octanol–water partition coefficient (Wildman–Crippen LogP) is 2.90. The van der Waals surface area contributed by atoms with Gasteiger partial charge in [0.15, 0.2) is 11.0 Å². The molecule has 1 N–H and O–H groups in total. The Morgan fingerprint density at radius 2 is 2.12 bits per heavy atom. The minimum atomic E-state index is -0.921. The first-order chi connectivity index (χ1) is 11.6. The number of carboxylic acids is 1. The first kappa shape index (κ1) is 16.5. The lowest BCUT2D eigenvalue weighted by Crippen LogP contribution is -2.14. The van der Waals surface area contributed by atoms with Crippen LogP contribution in [0.25, 0.3) is 5.69 Å². The zero-order chi connectivity index (χ0) is 17.1. The Morgan fingerprint density at radius 3 is 2.79 bits per heavy atom. The molecule has 1 atom stereocenters. The van der Waals surface area contributed by atoms with Crippen molar-refractivity contribution in [3.8, 4) is 5.69 Å². The quantitative estimate of drug-likeness (QED) is 0.678. The fourth-order valence-corrected chi connectivity index (χ4v) is 3.15.